The Hall–Kier alpha value is -0.760. The van der Waals surface area contributed by atoms with Gasteiger partial charge in [0.15, 0.2) is 0 Å². The number of phosphoric ester groups is 1. The van der Waals surface area contributed by atoms with E-state index in [1.54, 1.807) is 6.08 Å². The van der Waals surface area contributed by atoms with E-state index in [4.69, 9.17) is 9.05 Å². The molecule has 0 bridgehead atoms. The summed E-state index contributed by atoms with van der Waals surface area (Å²) in [5.41, 5.74) is 0. The SMILES string of the molecule is CCCCCCCCCCCCCCCCCCCCCCCCCC/C=C/C(O)C(COP(=O)(O)OCC[N+](C)(C)C)NC(=O)CCCCCCCCCCCCCCCCCC. The first-order valence-corrected chi connectivity index (χ1v) is 29.6. The summed E-state index contributed by atoms with van der Waals surface area (Å²) in [6, 6.07) is -0.841. The molecule has 0 aromatic rings. The van der Waals surface area contributed by atoms with E-state index in [0.717, 1.165) is 32.1 Å². The monoisotopic (exact) mass is 928 g/mol. The van der Waals surface area contributed by atoms with Crippen LogP contribution in [0, 0.1) is 0 Å². The molecule has 0 radical (unpaired) electrons. The lowest BCUT2D eigenvalue weighted by atomic mass is 10.0. The molecule has 0 aromatic carbocycles. The van der Waals surface area contributed by atoms with Crippen molar-refractivity contribution < 1.29 is 32.9 Å². The lowest BCUT2D eigenvalue weighted by molar-refractivity contribution is -0.870. The highest BCUT2D eigenvalue weighted by Crippen LogP contribution is 2.43. The molecule has 0 saturated heterocycles. The third kappa shape index (κ3) is 49.2. The maximum atomic E-state index is 12.9. The van der Waals surface area contributed by atoms with E-state index in [2.05, 4.69) is 19.2 Å². The number of hydrogen-bond acceptors (Lipinski definition) is 5. The minimum atomic E-state index is -4.34. The summed E-state index contributed by atoms with van der Waals surface area (Å²) in [7, 11) is 1.59. The summed E-state index contributed by atoms with van der Waals surface area (Å²) in [4.78, 5) is 23.2. The van der Waals surface area contributed by atoms with Gasteiger partial charge in [-0.15, -0.1) is 0 Å². The lowest BCUT2D eigenvalue weighted by Gasteiger charge is -2.25. The van der Waals surface area contributed by atoms with Gasteiger partial charge < -0.3 is 19.8 Å². The molecule has 0 aliphatic carbocycles. The highest BCUT2D eigenvalue weighted by Gasteiger charge is 2.27. The Kier molecular flexibility index (Phi) is 46.8. The number of likely N-dealkylation sites (N-methyl/N-ethyl adjacent to an activating group) is 1. The molecule has 0 heterocycles. The number of quaternary nitrogens is 1. The predicted molar refractivity (Wildman–Crippen MR) is 277 cm³/mol. The number of amides is 1. The maximum Gasteiger partial charge on any atom is 0.472 e. The van der Waals surface area contributed by atoms with E-state index >= 15 is 0 Å². The van der Waals surface area contributed by atoms with Crippen molar-refractivity contribution in [3.05, 3.63) is 12.2 Å². The van der Waals surface area contributed by atoms with Crippen LogP contribution in [0.25, 0.3) is 0 Å². The summed E-state index contributed by atoms with van der Waals surface area (Å²) in [5.74, 6) is -0.171. The van der Waals surface area contributed by atoms with Crippen molar-refractivity contribution in [1.82, 2.24) is 5.32 Å². The van der Waals surface area contributed by atoms with E-state index in [1.807, 2.05) is 27.2 Å². The zero-order valence-electron chi connectivity index (χ0n) is 43.6. The minimum absolute atomic E-state index is 0.0651. The Balaban J connectivity index is 4.17. The molecule has 9 heteroatoms. The van der Waals surface area contributed by atoms with Gasteiger partial charge in [-0.25, -0.2) is 4.57 Å². The first kappa shape index (κ1) is 63.2. The molecule has 0 saturated carbocycles. The zero-order chi connectivity index (χ0) is 47.1. The molecular formula is C55H112N2O6P+. The zero-order valence-corrected chi connectivity index (χ0v) is 44.4. The van der Waals surface area contributed by atoms with Crippen molar-refractivity contribution in [2.45, 2.75) is 296 Å². The molecule has 0 rings (SSSR count). The molecule has 0 spiro atoms. The highest BCUT2D eigenvalue weighted by atomic mass is 31.2. The van der Waals surface area contributed by atoms with Gasteiger partial charge in [-0.3, -0.25) is 13.8 Å². The second kappa shape index (κ2) is 47.3. The number of rotatable bonds is 52. The fourth-order valence-electron chi connectivity index (χ4n) is 8.57. The van der Waals surface area contributed by atoms with E-state index in [-0.39, 0.29) is 19.1 Å². The number of allylic oxidation sites excluding steroid dienone is 1. The van der Waals surface area contributed by atoms with Crippen LogP contribution >= 0.6 is 7.82 Å². The van der Waals surface area contributed by atoms with Crippen LogP contribution in [0.2, 0.25) is 0 Å². The van der Waals surface area contributed by atoms with Gasteiger partial charge in [-0.05, 0) is 19.3 Å². The number of nitrogens with zero attached hydrogens (tertiary/aromatic N) is 1. The third-order valence-electron chi connectivity index (χ3n) is 13.0. The fourth-order valence-corrected chi connectivity index (χ4v) is 9.31. The number of aliphatic hydroxyl groups excluding tert-OH is 1. The van der Waals surface area contributed by atoms with Gasteiger partial charge in [0.25, 0.3) is 0 Å². The lowest BCUT2D eigenvalue weighted by Crippen LogP contribution is -2.45. The van der Waals surface area contributed by atoms with Gasteiger partial charge in [-0.2, -0.15) is 0 Å². The molecule has 64 heavy (non-hydrogen) atoms. The van der Waals surface area contributed by atoms with E-state index in [1.165, 1.54) is 231 Å². The Labute approximate surface area is 399 Å². The van der Waals surface area contributed by atoms with Crippen molar-refractivity contribution in [2.75, 3.05) is 40.9 Å². The number of unbranched alkanes of at least 4 members (excludes halogenated alkanes) is 39. The second-order valence-electron chi connectivity index (χ2n) is 20.7. The van der Waals surface area contributed by atoms with E-state index in [9.17, 15) is 19.4 Å². The number of aliphatic hydroxyl groups is 1. The first-order chi connectivity index (χ1) is 31.0. The summed E-state index contributed by atoms with van der Waals surface area (Å²) in [6.07, 6.45) is 57.3. The second-order valence-corrected chi connectivity index (χ2v) is 22.1. The molecule has 0 aromatic heterocycles. The Morgan fingerprint density at radius 1 is 0.516 bits per heavy atom. The van der Waals surface area contributed by atoms with Crippen LogP contribution in [0.3, 0.4) is 0 Å². The quantitative estimate of drug-likeness (QED) is 0.0243. The minimum Gasteiger partial charge on any atom is -0.387 e. The van der Waals surface area contributed by atoms with Gasteiger partial charge >= 0.3 is 7.82 Å². The van der Waals surface area contributed by atoms with Crippen molar-refractivity contribution >= 4 is 13.7 Å². The summed E-state index contributed by atoms with van der Waals surface area (Å²) in [5, 5.41) is 13.9. The van der Waals surface area contributed by atoms with E-state index < -0.39 is 20.0 Å². The number of carbonyl (C=O) groups is 1. The topological polar surface area (TPSA) is 105 Å². The molecule has 3 unspecified atom stereocenters. The molecule has 0 fully saturated rings. The molecule has 0 aliphatic heterocycles. The smallest absolute Gasteiger partial charge is 0.387 e. The van der Waals surface area contributed by atoms with Crippen molar-refractivity contribution in [2.24, 2.45) is 0 Å². The number of carbonyl (C=O) groups excluding carboxylic acids is 1. The molecular weight excluding hydrogens is 816 g/mol. The highest BCUT2D eigenvalue weighted by molar-refractivity contribution is 7.47. The molecule has 8 nitrogen and oxygen atoms in total. The van der Waals surface area contributed by atoms with Crippen LogP contribution in [0.5, 0.6) is 0 Å². The Bertz CT molecular complexity index is 1050. The van der Waals surface area contributed by atoms with Gasteiger partial charge in [-0.1, -0.05) is 270 Å². The summed E-state index contributed by atoms with van der Waals surface area (Å²) in [6.45, 7) is 4.86. The van der Waals surface area contributed by atoms with Gasteiger partial charge in [0.05, 0.1) is 39.9 Å². The standard InChI is InChI=1S/C55H111N2O6P/c1-6-8-10-12-14-16-18-20-22-24-25-26-27-28-29-30-31-32-33-34-36-38-40-42-44-46-48-54(58)53(52-63-64(60,61)62-51-50-57(3,4)5)56-55(59)49-47-45-43-41-39-37-35-23-21-19-17-15-13-11-9-7-2/h46,48,53-54,58H,6-45,47,49-52H2,1-5H3,(H-,56,59,60,61)/p+1/b48-46+. The molecule has 382 valence electrons. The van der Waals surface area contributed by atoms with Crippen LogP contribution in [0.4, 0.5) is 0 Å². The van der Waals surface area contributed by atoms with Crippen LogP contribution in [-0.2, 0) is 18.4 Å². The average molecular weight is 928 g/mol. The Morgan fingerprint density at radius 2 is 0.828 bits per heavy atom. The first-order valence-electron chi connectivity index (χ1n) is 28.1. The summed E-state index contributed by atoms with van der Waals surface area (Å²) >= 11 is 0. The van der Waals surface area contributed by atoms with Crippen molar-refractivity contribution in [3.8, 4) is 0 Å². The van der Waals surface area contributed by atoms with Crippen LogP contribution in [-0.4, -0.2) is 73.4 Å². The third-order valence-corrected chi connectivity index (χ3v) is 14.0. The number of phosphoric acid groups is 1. The number of nitrogens with one attached hydrogen (secondary N) is 1. The van der Waals surface area contributed by atoms with Gasteiger partial charge in [0.2, 0.25) is 5.91 Å². The average Bonchev–Trinajstić information content (AvgIpc) is 3.25. The number of hydrogen-bond donors (Lipinski definition) is 3. The fraction of sp³-hybridized carbons (Fsp3) is 0.945. The van der Waals surface area contributed by atoms with Gasteiger partial charge in [0.1, 0.15) is 13.2 Å². The summed E-state index contributed by atoms with van der Waals surface area (Å²) < 4.78 is 23.7. The molecule has 3 N–H and O–H groups in total. The molecule has 3 atom stereocenters. The van der Waals surface area contributed by atoms with E-state index in [0.29, 0.717) is 17.4 Å². The van der Waals surface area contributed by atoms with Crippen LogP contribution in [0.15, 0.2) is 12.2 Å². The maximum absolute atomic E-state index is 12.9. The molecule has 0 aliphatic rings. The predicted octanol–water partition coefficient (Wildman–Crippen LogP) is 16.7. The Morgan fingerprint density at radius 3 is 1.16 bits per heavy atom. The largest absolute Gasteiger partial charge is 0.472 e. The normalized spacial score (nSPS) is 14.0. The van der Waals surface area contributed by atoms with Crippen molar-refractivity contribution in [3.63, 3.8) is 0 Å². The van der Waals surface area contributed by atoms with Crippen LogP contribution < -0.4 is 5.32 Å². The van der Waals surface area contributed by atoms with Crippen molar-refractivity contribution in [1.29, 1.82) is 0 Å². The van der Waals surface area contributed by atoms with Gasteiger partial charge in [0, 0.05) is 6.42 Å². The van der Waals surface area contributed by atoms with Crippen LogP contribution in [0.1, 0.15) is 284 Å². The molecule has 1 amide bonds.